The number of anilines is 1. The number of aromatic nitrogens is 1. The van der Waals surface area contributed by atoms with Gasteiger partial charge in [-0.25, -0.2) is 0 Å². The molecule has 3 heterocycles. The Kier molecular flexibility index (Phi) is 7.57. The van der Waals surface area contributed by atoms with Gasteiger partial charge >= 0.3 is 0 Å². The molecule has 4 rings (SSSR count). The molecule has 1 aromatic carbocycles. The molecule has 2 aromatic rings. The van der Waals surface area contributed by atoms with Gasteiger partial charge < -0.3 is 14.4 Å². The van der Waals surface area contributed by atoms with Crippen molar-refractivity contribution in [3.05, 3.63) is 54.4 Å². The van der Waals surface area contributed by atoms with E-state index in [-0.39, 0.29) is 24.3 Å². The molecular formula is C25H32N4O4. The Labute approximate surface area is 195 Å². The van der Waals surface area contributed by atoms with Crippen LogP contribution in [-0.2, 0) is 20.9 Å². The van der Waals surface area contributed by atoms with Gasteiger partial charge in [-0.15, -0.1) is 0 Å². The number of carbonyl (C=O) groups excluding carboxylic acids is 2. The van der Waals surface area contributed by atoms with Gasteiger partial charge in [0.05, 0.1) is 18.9 Å². The number of fused-ring (bicyclic) bond motifs is 1. The number of ether oxygens (including phenoxy) is 2. The highest BCUT2D eigenvalue weighted by Crippen LogP contribution is 2.35. The molecular weight excluding hydrogens is 420 g/mol. The fourth-order valence-electron chi connectivity index (χ4n) is 4.15. The van der Waals surface area contributed by atoms with Crippen LogP contribution < -0.4 is 9.64 Å². The van der Waals surface area contributed by atoms with Crippen LogP contribution in [0, 0.1) is 5.92 Å². The molecule has 0 radical (unpaired) electrons. The van der Waals surface area contributed by atoms with E-state index in [1.54, 1.807) is 17.3 Å². The third-order valence-corrected chi connectivity index (χ3v) is 6.08. The average Bonchev–Trinajstić information content (AvgIpc) is 2.84. The van der Waals surface area contributed by atoms with Crippen molar-refractivity contribution in [2.45, 2.75) is 26.5 Å². The molecule has 1 fully saturated rings. The Bertz CT molecular complexity index is 946. The zero-order valence-corrected chi connectivity index (χ0v) is 19.4. The third kappa shape index (κ3) is 5.69. The van der Waals surface area contributed by atoms with E-state index in [2.05, 4.69) is 9.88 Å². The number of hydrogen-bond donors (Lipinski definition) is 0. The quantitative estimate of drug-likeness (QED) is 0.611. The fourth-order valence-corrected chi connectivity index (χ4v) is 4.15. The van der Waals surface area contributed by atoms with Crippen LogP contribution in [0.2, 0.25) is 0 Å². The number of rotatable bonds is 8. The maximum atomic E-state index is 13.6. The average molecular weight is 453 g/mol. The van der Waals surface area contributed by atoms with Crippen LogP contribution in [0.1, 0.15) is 19.4 Å². The normalized spacial score (nSPS) is 18.7. The zero-order chi connectivity index (χ0) is 23.2. The number of pyridine rings is 1. The molecule has 8 nitrogen and oxygen atoms in total. The minimum atomic E-state index is -0.602. The second-order valence-electron chi connectivity index (χ2n) is 8.80. The van der Waals surface area contributed by atoms with E-state index in [1.807, 2.05) is 55.1 Å². The minimum Gasteiger partial charge on any atom is -0.478 e. The van der Waals surface area contributed by atoms with Crippen molar-refractivity contribution in [1.82, 2.24) is 14.8 Å². The summed E-state index contributed by atoms with van der Waals surface area (Å²) in [6.45, 7) is 8.86. The van der Waals surface area contributed by atoms with Crippen molar-refractivity contribution in [3.8, 4) is 5.75 Å². The summed E-state index contributed by atoms with van der Waals surface area (Å²) in [6.07, 6.45) is 2.86. The van der Waals surface area contributed by atoms with Crippen molar-refractivity contribution < 1.29 is 19.1 Å². The first-order valence-electron chi connectivity index (χ1n) is 11.6. The van der Waals surface area contributed by atoms with Crippen molar-refractivity contribution >= 4 is 17.5 Å². The maximum absolute atomic E-state index is 13.6. The van der Waals surface area contributed by atoms with Gasteiger partial charge in [0, 0.05) is 45.1 Å². The lowest BCUT2D eigenvalue weighted by Gasteiger charge is -2.37. The Morgan fingerprint density at radius 3 is 2.61 bits per heavy atom. The molecule has 8 heteroatoms. The summed E-state index contributed by atoms with van der Waals surface area (Å²) in [4.78, 5) is 36.6. The standard InChI is InChI=1S/C25H32N4O4/c1-19(2)24-25(31)29(21-5-3-4-6-22(21)33-24)18-23(30)28(17-20-7-9-26-10-8-20)12-11-27-13-15-32-16-14-27/h3-10,19,24H,11-18H2,1-2H3/t24-/m1/s1. The SMILES string of the molecule is CC(C)[C@H]1Oc2ccccc2N(CC(=O)N(CCN2CCOCC2)Cc2ccncc2)C1=O. The van der Waals surface area contributed by atoms with E-state index < -0.39 is 6.10 Å². The van der Waals surface area contributed by atoms with Gasteiger partial charge in [0.2, 0.25) is 5.91 Å². The second-order valence-corrected chi connectivity index (χ2v) is 8.80. The van der Waals surface area contributed by atoms with Crippen molar-refractivity contribution in [1.29, 1.82) is 0 Å². The number of amides is 2. The lowest BCUT2D eigenvalue weighted by molar-refractivity contribution is -0.134. The first-order valence-corrected chi connectivity index (χ1v) is 11.6. The Balaban J connectivity index is 1.52. The molecule has 176 valence electrons. The van der Waals surface area contributed by atoms with Crippen molar-refractivity contribution in [2.75, 3.05) is 50.8 Å². The Morgan fingerprint density at radius 1 is 1.15 bits per heavy atom. The van der Waals surface area contributed by atoms with Crippen molar-refractivity contribution in [3.63, 3.8) is 0 Å². The molecule has 0 unspecified atom stereocenters. The number of para-hydroxylation sites is 2. The molecule has 0 N–H and O–H groups in total. The van der Waals surface area contributed by atoms with Crippen LogP contribution in [0.15, 0.2) is 48.8 Å². The highest BCUT2D eigenvalue weighted by molar-refractivity contribution is 6.04. The lowest BCUT2D eigenvalue weighted by Crippen LogP contribution is -2.52. The summed E-state index contributed by atoms with van der Waals surface area (Å²) in [7, 11) is 0. The van der Waals surface area contributed by atoms with E-state index in [1.165, 1.54) is 0 Å². The molecule has 1 saturated heterocycles. The highest BCUT2D eigenvalue weighted by Gasteiger charge is 2.37. The zero-order valence-electron chi connectivity index (χ0n) is 19.4. The lowest BCUT2D eigenvalue weighted by atomic mass is 10.0. The summed E-state index contributed by atoms with van der Waals surface area (Å²) < 4.78 is 11.4. The van der Waals surface area contributed by atoms with Gasteiger partial charge in [0.1, 0.15) is 12.3 Å². The molecule has 2 amide bonds. The predicted octanol–water partition coefficient (Wildman–Crippen LogP) is 2.19. The third-order valence-electron chi connectivity index (χ3n) is 6.08. The molecule has 0 spiro atoms. The van der Waals surface area contributed by atoms with Crippen LogP contribution in [0.25, 0.3) is 0 Å². The van der Waals surface area contributed by atoms with E-state index in [0.717, 1.165) is 25.2 Å². The summed E-state index contributed by atoms with van der Waals surface area (Å²) >= 11 is 0. The van der Waals surface area contributed by atoms with Crippen LogP contribution in [0.4, 0.5) is 5.69 Å². The highest BCUT2D eigenvalue weighted by atomic mass is 16.5. The van der Waals surface area contributed by atoms with Gasteiger partial charge in [-0.1, -0.05) is 26.0 Å². The van der Waals surface area contributed by atoms with E-state index >= 15 is 0 Å². The Hall–Kier alpha value is -2.97. The number of morpholine rings is 1. The summed E-state index contributed by atoms with van der Waals surface area (Å²) in [5, 5.41) is 0. The number of nitrogens with zero attached hydrogens (tertiary/aromatic N) is 4. The smallest absolute Gasteiger partial charge is 0.268 e. The molecule has 2 aliphatic heterocycles. The molecule has 0 bridgehead atoms. The summed E-state index contributed by atoms with van der Waals surface area (Å²) in [6, 6.07) is 11.2. The van der Waals surface area contributed by atoms with E-state index in [0.29, 0.717) is 37.7 Å². The van der Waals surface area contributed by atoms with Crippen LogP contribution >= 0.6 is 0 Å². The summed E-state index contributed by atoms with van der Waals surface area (Å²) in [5.41, 5.74) is 1.65. The van der Waals surface area contributed by atoms with Gasteiger partial charge in [-0.05, 0) is 35.7 Å². The fraction of sp³-hybridized carbons (Fsp3) is 0.480. The van der Waals surface area contributed by atoms with Crippen LogP contribution in [0.5, 0.6) is 5.75 Å². The molecule has 0 aliphatic carbocycles. The molecule has 33 heavy (non-hydrogen) atoms. The van der Waals surface area contributed by atoms with E-state index in [4.69, 9.17) is 9.47 Å². The maximum Gasteiger partial charge on any atom is 0.268 e. The topological polar surface area (TPSA) is 75.2 Å². The largest absolute Gasteiger partial charge is 0.478 e. The predicted molar refractivity (Wildman–Crippen MR) is 125 cm³/mol. The monoisotopic (exact) mass is 452 g/mol. The second kappa shape index (κ2) is 10.8. The first-order chi connectivity index (χ1) is 16.0. The van der Waals surface area contributed by atoms with Gasteiger partial charge in [0.25, 0.3) is 5.91 Å². The van der Waals surface area contributed by atoms with Gasteiger partial charge in [-0.2, -0.15) is 0 Å². The number of benzene rings is 1. The Morgan fingerprint density at radius 2 is 1.88 bits per heavy atom. The van der Waals surface area contributed by atoms with Gasteiger partial charge in [0.15, 0.2) is 6.10 Å². The van der Waals surface area contributed by atoms with E-state index in [9.17, 15) is 9.59 Å². The molecule has 1 aromatic heterocycles. The summed E-state index contributed by atoms with van der Waals surface area (Å²) in [5.74, 6) is 0.372. The number of carbonyl (C=O) groups is 2. The first kappa shape index (κ1) is 23.2. The minimum absolute atomic E-state index is 0.00213. The molecule has 0 saturated carbocycles. The molecule has 1 atom stereocenters. The van der Waals surface area contributed by atoms with Gasteiger partial charge in [-0.3, -0.25) is 24.4 Å². The van der Waals surface area contributed by atoms with Crippen molar-refractivity contribution in [2.24, 2.45) is 5.92 Å². The molecule has 2 aliphatic rings. The van der Waals surface area contributed by atoms with Crippen LogP contribution in [-0.4, -0.2) is 78.6 Å². The van der Waals surface area contributed by atoms with Crippen LogP contribution in [0.3, 0.4) is 0 Å². The number of hydrogen-bond acceptors (Lipinski definition) is 6.